The molecule has 2 aromatic carbocycles. The monoisotopic (exact) mass is 378 g/mol. The molecule has 1 N–H and O–H groups in total. The van der Waals surface area contributed by atoms with E-state index in [0.717, 1.165) is 36.5 Å². The number of aromatic nitrogens is 3. The highest BCUT2D eigenvalue weighted by Crippen LogP contribution is 2.31. The number of nitrogens with zero attached hydrogens (tertiary/aromatic N) is 3. The second kappa shape index (κ2) is 7.56. The van der Waals surface area contributed by atoms with Crippen LogP contribution in [0.5, 0.6) is 0 Å². The molecule has 0 fully saturated rings. The average molecular weight is 379 g/mol. The Balaban J connectivity index is 1.45. The van der Waals surface area contributed by atoms with E-state index in [0.29, 0.717) is 5.16 Å². The van der Waals surface area contributed by atoms with E-state index in [-0.39, 0.29) is 11.2 Å². The number of hydrogen-bond donors (Lipinski definition) is 1. The van der Waals surface area contributed by atoms with Crippen LogP contribution >= 0.6 is 11.8 Å². The second-order valence-corrected chi connectivity index (χ2v) is 7.95. The first-order valence-corrected chi connectivity index (χ1v) is 10.1. The van der Waals surface area contributed by atoms with Crippen molar-refractivity contribution < 1.29 is 4.79 Å². The summed E-state index contributed by atoms with van der Waals surface area (Å²) < 4.78 is 0. The summed E-state index contributed by atoms with van der Waals surface area (Å²) in [6.45, 7) is 4.79. The number of aromatic amines is 1. The highest BCUT2D eigenvalue weighted by molar-refractivity contribution is 8.00. The van der Waals surface area contributed by atoms with Crippen molar-refractivity contribution in [3.8, 4) is 11.4 Å². The molecular weight excluding hydrogens is 356 g/mol. The Morgan fingerprint density at radius 3 is 2.78 bits per heavy atom. The summed E-state index contributed by atoms with van der Waals surface area (Å²) in [5.74, 6) is 0.829. The van der Waals surface area contributed by atoms with E-state index in [2.05, 4.69) is 40.3 Å². The molecule has 0 spiro atoms. The van der Waals surface area contributed by atoms with E-state index < -0.39 is 0 Å². The Kier molecular flexibility index (Phi) is 4.99. The molecule has 0 saturated heterocycles. The van der Waals surface area contributed by atoms with Crippen LogP contribution in [-0.4, -0.2) is 32.9 Å². The maximum Gasteiger partial charge on any atom is 0.240 e. The highest BCUT2D eigenvalue weighted by atomic mass is 32.2. The molecule has 1 amide bonds. The van der Waals surface area contributed by atoms with E-state index in [9.17, 15) is 4.79 Å². The Morgan fingerprint density at radius 2 is 2.00 bits per heavy atom. The van der Waals surface area contributed by atoms with Gasteiger partial charge in [0, 0.05) is 17.8 Å². The third kappa shape index (κ3) is 3.62. The van der Waals surface area contributed by atoms with Crippen molar-refractivity contribution in [2.24, 2.45) is 0 Å². The Hall–Kier alpha value is -2.60. The molecule has 0 radical (unpaired) electrons. The topological polar surface area (TPSA) is 61.9 Å². The molecule has 1 aromatic heterocycles. The summed E-state index contributed by atoms with van der Waals surface area (Å²) in [5, 5.41) is 7.61. The standard InChI is InChI=1S/C21H22N4OS/c1-3-15-8-10-17(11-9-15)19-22-21(24-23-19)27-14(2)20(26)25-13-12-16-6-4-5-7-18(16)25/h4-11,14H,3,12-13H2,1-2H3,(H,22,23,24)/t14-/m0/s1. The number of para-hydroxylation sites is 1. The van der Waals surface area contributed by atoms with Crippen molar-refractivity contribution in [3.05, 3.63) is 59.7 Å². The Morgan fingerprint density at radius 1 is 1.22 bits per heavy atom. The van der Waals surface area contributed by atoms with Gasteiger partial charge in [-0.1, -0.05) is 61.2 Å². The van der Waals surface area contributed by atoms with Crippen molar-refractivity contribution >= 4 is 23.4 Å². The Labute approximate surface area is 163 Å². The molecule has 1 atom stereocenters. The fourth-order valence-corrected chi connectivity index (χ4v) is 4.11. The number of thioether (sulfide) groups is 1. The first-order valence-electron chi connectivity index (χ1n) is 9.23. The van der Waals surface area contributed by atoms with Gasteiger partial charge in [0.05, 0.1) is 5.25 Å². The molecule has 0 aliphatic carbocycles. The van der Waals surface area contributed by atoms with Gasteiger partial charge in [0.15, 0.2) is 5.82 Å². The number of amides is 1. The van der Waals surface area contributed by atoms with Gasteiger partial charge in [0.2, 0.25) is 11.1 Å². The summed E-state index contributed by atoms with van der Waals surface area (Å²) in [4.78, 5) is 19.3. The number of anilines is 1. The molecule has 6 heteroatoms. The fraction of sp³-hybridized carbons (Fsp3) is 0.286. The van der Waals surface area contributed by atoms with E-state index in [1.54, 1.807) is 0 Å². The zero-order valence-electron chi connectivity index (χ0n) is 15.5. The van der Waals surface area contributed by atoms with Crippen molar-refractivity contribution in [1.29, 1.82) is 0 Å². The predicted molar refractivity (Wildman–Crippen MR) is 109 cm³/mol. The summed E-state index contributed by atoms with van der Waals surface area (Å²) in [6.07, 6.45) is 1.93. The number of rotatable bonds is 5. The third-order valence-electron chi connectivity index (χ3n) is 4.88. The first-order chi connectivity index (χ1) is 13.2. The maximum atomic E-state index is 12.9. The van der Waals surface area contributed by atoms with Gasteiger partial charge in [-0.15, -0.1) is 5.10 Å². The molecule has 0 bridgehead atoms. The van der Waals surface area contributed by atoms with Crippen molar-refractivity contribution in [3.63, 3.8) is 0 Å². The number of nitrogens with one attached hydrogen (secondary N) is 1. The maximum absolute atomic E-state index is 12.9. The Bertz CT molecular complexity index is 951. The number of benzene rings is 2. The number of hydrogen-bond acceptors (Lipinski definition) is 4. The number of carbonyl (C=O) groups excluding carboxylic acids is 1. The van der Waals surface area contributed by atoms with Crippen LogP contribution < -0.4 is 4.90 Å². The van der Waals surface area contributed by atoms with Gasteiger partial charge in [0.1, 0.15) is 0 Å². The van der Waals surface area contributed by atoms with E-state index in [1.807, 2.05) is 42.2 Å². The quantitative estimate of drug-likeness (QED) is 0.679. The van der Waals surface area contributed by atoms with E-state index in [4.69, 9.17) is 0 Å². The largest absolute Gasteiger partial charge is 0.311 e. The summed E-state index contributed by atoms with van der Waals surface area (Å²) in [6, 6.07) is 16.4. The molecule has 1 aliphatic heterocycles. The zero-order valence-corrected chi connectivity index (χ0v) is 16.3. The number of aryl methyl sites for hydroxylation is 1. The average Bonchev–Trinajstić information content (AvgIpc) is 3.34. The number of carbonyl (C=O) groups is 1. The van der Waals surface area contributed by atoms with Crippen molar-refractivity contribution in [1.82, 2.24) is 15.2 Å². The minimum atomic E-state index is -0.248. The van der Waals surface area contributed by atoms with Crippen LogP contribution in [0.1, 0.15) is 25.0 Å². The molecule has 2 heterocycles. The first kappa shape index (κ1) is 17.8. The lowest BCUT2D eigenvalue weighted by atomic mass is 10.1. The summed E-state index contributed by atoms with van der Waals surface area (Å²) in [7, 11) is 0. The number of H-pyrrole nitrogens is 1. The molecule has 27 heavy (non-hydrogen) atoms. The lowest BCUT2D eigenvalue weighted by Gasteiger charge is -2.20. The van der Waals surface area contributed by atoms with Gasteiger partial charge < -0.3 is 4.90 Å². The fourth-order valence-electron chi connectivity index (χ4n) is 3.32. The van der Waals surface area contributed by atoms with E-state index in [1.165, 1.54) is 22.9 Å². The molecule has 3 aromatic rings. The molecule has 138 valence electrons. The predicted octanol–water partition coefficient (Wildman–Crippen LogP) is 4.10. The van der Waals surface area contributed by atoms with Gasteiger partial charge >= 0.3 is 0 Å². The molecule has 4 rings (SSSR count). The van der Waals surface area contributed by atoms with Gasteiger partial charge in [-0.3, -0.25) is 9.89 Å². The van der Waals surface area contributed by atoms with Crippen LogP contribution in [0, 0.1) is 0 Å². The second-order valence-electron chi connectivity index (χ2n) is 6.65. The highest BCUT2D eigenvalue weighted by Gasteiger charge is 2.29. The van der Waals surface area contributed by atoms with Gasteiger partial charge in [-0.05, 0) is 37.0 Å². The van der Waals surface area contributed by atoms with Gasteiger partial charge in [-0.25, -0.2) is 4.98 Å². The van der Waals surface area contributed by atoms with Gasteiger partial charge in [-0.2, -0.15) is 0 Å². The van der Waals surface area contributed by atoms with E-state index >= 15 is 0 Å². The molecular formula is C21H22N4OS. The molecule has 0 unspecified atom stereocenters. The van der Waals surface area contributed by atoms with Crippen LogP contribution in [0.2, 0.25) is 0 Å². The van der Waals surface area contributed by atoms with Crippen LogP contribution in [0.15, 0.2) is 53.7 Å². The normalized spacial score (nSPS) is 14.2. The van der Waals surface area contributed by atoms with Crippen molar-refractivity contribution in [2.45, 2.75) is 37.1 Å². The summed E-state index contributed by atoms with van der Waals surface area (Å²) in [5.41, 5.74) is 4.55. The van der Waals surface area contributed by atoms with Crippen molar-refractivity contribution in [2.75, 3.05) is 11.4 Å². The van der Waals surface area contributed by atoms with Crippen LogP contribution in [-0.2, 0) is 17.6 Å². The minimum absolute atomic E-state index is 0.101. The van der Waals surface area contributed by atoms with Crippen LogP contribution in [0.3, 0.4) is 0 Å². The third-order valence-corrected chi connectivity index (χ3v) is 5.83. The van der Waals surface area contributed by atoms with Gasteiger partial charge in [0.25, 0.3) is 0 Å². The van der Waals surface area contributed by atoms with Crippen LogP contribution in [0.25, 0.3) is 11.4 Å². The molecule has 1 aliphatic rings. The minimum Gasteiger partial charge on any atom is -0.311 e. The van der Waals surface area contributed by atoms with Crippen LogP contribution in [0.4, 0.5) is 5.69 Å². The SMILES string of the molecule is CCc1ccc(-c2nc(S[C@@H](C)C(=O)N3CCc4ccccc43)n[nH]2)cc1. The lowest BCUT2D eigenvalue weighted by Crippen LogP contribution is -2.35. The lowest BCUT2D eigenvalue weighted by molar-refractivity contribution is -0.117. The summed E-state index contributed by atoms with van der Waals surface area (Å²) >= 11 is 1.39. The smallest absolute Gasteiger partial charge is 0.240 e. The number of fused-ring (bicyclic) bond motifs is 1. The molecule has 0 saturated carbocycles. The molecule has 5 nitrogen and oxygen atoms in total. The zero-order chi connectivity index (χ0) is 18.8.